The van der Waals surface area contributed by atoms with Crippen molar-refractivity contribution in [3.8, 4) is 22.3 Å². The van der Waals surface area contributed by atoms with Crippen molar-refractivity contribution in [1.29, 1.82) is 0 Å². The minimum atomic E-state index is -1.78. The second kappa shape index (κ2) is 11.3. The summed E-state index contributed by atoms with van der Waals surface area (Å²) in [7, 11) is -1.78. The van der Waals surface area contributed by atoms with Gasteiger partial charge in [0, 0.05) is 5.54 Å². The van der Waals surface area contributed by atoms with E-state index in [0.717, 1.165) is 0 Å². The van der Waals surface area contributed by atoms with Crippen LogP contribution in [0.2, 0.25) is 18.6 Å². The Labute approximate surface area is 261 Å². The Balaban J connectivity index is 0.00000176. The number of rotatable bonds is 4. The SMILES string of the molecule is CC1=Cc2c(cc3c(c2-c2ccccc2-c2ccccc2)CCC3)C1[Si](C)(C)C1C(C)=C(C)C(C)=C1C.[LiH].[LiH]. The summed E-state index contributed by atoms with van der Waals surface area (Å²) in [6.45, 7) is 17.3. The first kappa shape index (κ1) is 30.3. The van der Waals surface area contributed by atoms with Crippen molar-refractivity contribution >= 4 is 51.9 Å². The molecule has 0 heterocycles. The van der Waals surface area contributed by atoms with Gasteiger partial charge in [0.05, 0.1) is 8.07 Å². The molecule has 0 amide bonds. The maximum absolute atomic E-state index is 2.67. The van der Waals surface area contributed by atoms with Crippen LogP contribution < -0.4 is 0 Å². The van der Waals surface area contributed by atoms with E-state index >= 15 is 0 Å². The van der Waals surface area contributed by atoms with Gasteiger partial charge in [0.25, 0.3) is 0 Å². The zero-order valence-electron chi connectivity index (χ0n) is 23.6. The molecule has 0 fully saturated rings. The predicted molar refractivity (Wildman–Crippen MR) is 178 cm³/mol. The Morgan fingerprint density at radius 1 is 0.692 bits per heavy atom. The molecule has 0 saturated heterocycles. The van der Waals surface area contributed by atoms with Gasteiger partial charge in [0.15, 0.2) is 0 Å². The average Bonchev–Trinajstić information content (AvgIpc) is 3.54. The van der Waals surface area contributed by atoms with Crippen molar-refractivity contribution in [2.24, 2.45) is 0 Å². The fourth-order valence-electron chi connectivity index (χ4n) is 8.23. The van der Waals surface area contributed by atoms with Gasteiger partial charge in [-0.1, -0.05) is 96.6 Å². The van der Waals surface area contributed by atoms with Crippen molar-refractivity contribution in [1.82, 2.24) is 0 Å². The fourth-order valence-corrected chi connectivity index (χ4v) is 13.5. The molecular weight excluding hydrogens is 474 g/mol. The summed E-state index contributed by atoms with van der Waals surface area (Å²) in [5.41, 5.74) is 21.0. The molecule has 1 atom stereocenters. The molecule has 3 aromatic carbocycles. The van der Waals surface area contributed by atoms with Gasteiger partial charge < -0.3 is 0 Å². The van der Waals surface area contributed by atoms with E-state index in [1.165, 1.54) is 58.2 Å². The van der Waals surface area contributed by atoms with Crippen LogP contribution in [0.5, 0.6) is 0 Å². The quantitative estimate of drug-likeness (QED) is 0.304. The molecule has 0 aliphatic heterocycles. The Morgan fingerprint density at radius 3 is 1.92 bits per heavy atom. The van der Waals surface area contributed by atoms with E-state index < -0.39 is 8.07 Å². The number of hydrogen-bond acceptors (Lipinski definition) is 0. The Hall–Kier alpha value is -1.71. The maximum atomic E-state index is 2.67. The van der Waals surface area contributed by atoms with Crippen LogP contribution in [0.25, 0.3) is 28.3 Å². The fraction of sp³-hybridized carbons (Fsp3) is 0.333. The molecule has 3 aromatic rings. The van der Waals surface area contributed by atoms with Crippen LogP contribution in [0.4, 0.5) is 0 Å². The standard InChI is InChI=1S/C36H40Si.2Li.2H/c1-22-20-32-33(35(22)37(6,7)36-25(4)23(2)24(3)26(36)5)21-28-16-13-19-30(28)34(32)31-18-12-11-17-29(31)27-14-9-8-10-15-27;;;;/h8-12,14-15,17-18,20-21,35-36H,13,16,19H2,1-7H3;;;;. The summed E-state index contributed by atoms with van der Waals surface area (Å²) in [6.07, 6.45) is 6.27. The Bertz CT molecular complexity index is 1500. The molecule has 6 rings (SSSR count). The number of aryl methyl sites for hydroxylation is 1. The molecule has 3 heteroatoms. The van der Waals surface area contributed by atoms with Crippen molar-refractivity contribution < 1.29 is 0 Å². The summed E-state index contributed by atoms with van der Waals surface area (Å²) in [5, 5.41) is 0. The Kier molecular flexibility index (Phi) is 8.75. The minimum absolute atomic E-state index is 0. The van der Waals surface area contributed by atoms with Gasteiger partial charge in [-0.2, -0.15) is 0 Å². The first-order valence-electron chi connectivity index (χ1n) is 14.1. The molecule has 3 aliphatic carbocycles. The van der Waals surface area contributed by atoms with Gasteiger partial charge in [-0.3, -0.25) is 0 Å². The normalized spacial score (nSPS) is 18.5. The molecule has 0 radical (unpaired) electrons. The average molecular weight is 517 g/mol. The van der Waals surface area contributed by atoms with E-state index in [-0.39, 0.29) is 37.7 Å². The van der Waals surface area contributed by atoms with Gasteiger partial charge in [0.2, 0.25) is 0 Å². The molecular formula is C36H42Li2Si. The monoisotopic (exact) mass is 516 g/mol. The molecule has 1 unspecified atom stereocenters. The zero-order valence-corrected chi connectivity index (χ0v) is 24.6. The van der Waals surface area contributed by atoms with Crippen molar-refractivity contribution in [2.75, 3.05) is 0 Å². The van der Waals surface area contributed by atoms with Crippen LogP contribution in [0.3, 0.4) is 0 Å². The van der Waals surface area contributed by atoms with E-state index in [4.69, 9.17) is 0 Å². The molecule has 0 aromatic heterocycles. The number of hydrogen-bond donors (Lipinski definition) is 0. The third-order valence-electron chi connectivity index (χ3n) is 9.99. The summed E-state index contributed by atoms with van der Waals surface area (Å²) < 4.78 is 0. The first-order chi connectivity index (χ1) is 17.7. The first-order valence-corrected chi connectivity index (χ1v) is 17.2. The Morgan fingerprint density at radius 2 is 1.28 bits per heavy atom. The second-order valence-corrected chi connectivity index (χ2v) is 17.1. The number of allylic oxidation sites excluding steroid dienone is 5. The zero-order chi connectivity index (χ0) is 26.1. The van der Waals surface area contributed by atoms with E-state index in [1.54, 1.807) is 33.4 Å². The molecule has 0 saturated carbocycles. The van der Waals surface area contributed by atoms with E-state index in [0.29, 0.717) is 11.1 Å². The van der Waals surface area contributed by atoms with Crippen LogP contribution in [0.15, 0.2) is 88.5 Å². The van der Waals surface area contributed by atoms with Crippen LogP contribution in [-0.4, -0.2) is 45.8 Å². The van der Waals surface area contributed by atoms with Crippen LogP contribution in [0.1, 0.15) is 68.8 Å². The third-order valence-corrected chi connectivity index (χ3v) is 14.6. The summed E-state index contributed by atoms with van der Waals surface area (Å²) in [5.74, 6) is 0. The van der Waals surface area contributed by atoms with Crippen LogP contribution in [-0.2, 0) is 12.8 Å². The molecule has 0 spiro atoms. The van der Waals surface area contributed by atoms with Crippen LogP contribution >= 0.6 is 0 Å². The molecule has 39 heavy (non-hydrogen) atoms. The van der Waals surface area contributed by atoms with Gasteiger partial charge in [0.1, 0.15) is 0 Å². The third kappa shape index (κ3) is 4.70. The van der Waals surface area contributed by atoms with Gasteiger partial charge in [-0.15, -0.1) is 0 Å². The van der Waals surface area contributed by atoms with Crippen molar-refractivity contribution in [3.63, 3.8) is 0 Å². The second-order valence-electron chi connectivity index (χ2n) is 12.3. The number of fused-ring (bicyclic) bond motifs is 2. The summed E-state index contributed by atoms with van der Waals surface area (Å²) >= 11 is 0. The molecule has 0 N–H and O–H groups in total. The topological polar surface area (TPSA) is 0 Å². The van der Waals surface area contributed by atoms with Gasteiger partial charge in [-0.25, -0.2) is 0 Å². The molecule has 0 bridgehead atoms. The van der Waals surface area contributed by atoms with E-state index in [9.17, 15) is 0 Å². The predicted octanol–water partition coefficient (Wildman–Crippen LogP) is 9.02. The van der Waals surface area contributed by atoms with Gasteiger partial charge >= 0.3 is 37.7 Å². The van der Waals surface area contributed by atoms with Crippen molar-refractivity contribution in [2.45, 2.75) is 78.1 Å². The van der Waals surface area contributed by atoms with Gasteiger partial charge in [-0.05, 0) is 115 Å². The summed E-state index contributed by atoms with van der Waals surface area (Å²) in [4.78, 5) is 0. The van der Waals surface area contributed by atoms with Crippen molar-refractivity contribution in [3.05, 3.63) is 111 Å². The molecule has 3 aliphatic rings. The number of benzene rings is 3. The van der Waals surface area contributed by atoms with E-state index in [2.05, 4.69) is 114 Å². The molecule has 192 valence electrons. The summed E-state index contributed by atoms with van der Waals surface area (Å²) in [6, 6.07) is 22.7. The molecule has 0 nitrogen and oxygen atoms in total. The van der Waals surface area contributed by atoms with E-state index in [1.807, 2.05) is 0 Å². The van der Waals surface area contributed by atoms with Crippen LogP contribution in [0, 0.1) is 0 Å².